The van der Waals surface area contributed by atoms with Crippen molar-refractivity contribution in [1.82, 2.24) is 0 Å². The number of benzene rings is 1. The SMILES string of the molecule is CCCCc1c(C)ccc([NH-])c1CCCC.[Li+]. The molecule has 1 rings (SSSR count). The number of hydrogen-bond donors (Lipinski definition) is 0. The van der Waals surface area contributed by atoms with Gasteiger partial charge in [0.2, 0.25) is 0 Å². The second-order valence-corrected chi connectivity index (χ2v) is 4.59. The molecule has 1 N–H and O–H groups in total. The van der Waals surface area contributed by atoms with E-state index >= 15 is 0 Å². The third-order valence-electron chi connectivity index (χ3n) is 3.23. The van der Waals surface area contributed by atoms with Gasteiger partial charge in [0.1, 0.15) is 0 Å². The van der Waals surface area contributed by atoms with Gasteiger partial charge in [-0.25, -0.2) is 0 Å². The van der Waals surface area contributed by atoms with E-state index in [0.717, 1.165) is 18.5 Å². The molecule has 0 aromatic heterocycles. The van der Waals surface area contributed by atoms with Crippen LogP contribution in [-0.2, 0) is 12.8 Å². The normalized spacial score (nSPS) is 10.1. The number of hydrogen-bond acceptors (Lipinski definition) is 0. The van der Waals surface area contributed by atoms with Crippen LogP contribution >= 0.6 is 0 Å². The fourth-order valence-corrected chi connectivity index (χ4v) is 2.15. The van der Waals surface area contributed by atoms with Crippen LogP contribution in [0.2, 0.25) is 0 Å². The summed E-state index contributed by atoms with van der Waals surface area (Å²) in [6, 6.07) is 4.05. The van der Waals surface area contributed by atoms with Crippen LogP contribution < -0.4 is 18.9 Å². The van der Waals surface area contributed by atoms with Crippen LogP contribution in [0.5, 0.6) is 0 Å². The van der Waals surface area contributed by atoms with Gasteiger partial charge < -0.3 is 5.73 Å². The van der Waals surface area contributed by atoms with Crippen molar-refractivity contribution in [3.8, 4) is 0 Å². The molecule has 0 unspecified atom stereocenters. The Hall–Kier alpha value is -0.383. The zero-order chi connectivity index (χ0) is 12.0. The predicted molar refractivity (Wildman–Crippen MR) is 72.4 cm³/mol. The van der Waals surface area contributed by atoms with Crippen molar-refractivity contribution in [1.29, 1.82) is 0 Å². The molecule has 1 aromatic rings. The Balaban J connectivity index is 0.00000256. The first kappa shape index (κ1) is 16.6. The molecule has 1 nitrogen and oxygen atoms in total. The van der Waals surface area contributed by atoms with Gasteiger partial charge in [0.15, 0.2) is 0 Å². The van der Waals surface area contributed by atoms with Crippen molar-refractivity contribution in [2.24, 2.45) is 0 Å². The van der Waals surface area contributed by atoms with E-state index in [1.54, 1.807) is 0 Å². The van der Waals surface area contributed by atoms with Gasteiger partial charge in [-0.3, -0.25) is 0 Å². The predicted octanol–water partition coefficient (Wildman–Crippen LogP) is 2.37. The van der Waals surface area contributed by atoms with E-state index in [9.17, 15) is 0 Å². The molecule has 0 saturated heterocycles. The quantitative estimate of drug-likeness (QED) is 0.664. The first-order valence-corrected chi connectivity index (χ1v) is 6.53. The molecule has 0 amide bonds. The van der Waals surface area contributed by atoms with Crippen LogP contribution in [0, 0.1) is 6.92 Å². The summed E-state index contributed by atoms with van der Waals surface area (Å²) in [5.74, 6) is 0. The molecule has 90 valence electrons. The summed E-state index contributed by atoms with van der Waals surface area (Å²) in [6.45, 7) is 6.62. The molecule has 0 atom stereocenters. The smallest absolute Gasteiger partial charge is 0.698 e. The van der Waals surface area contributed by atoms with Crippen LogP contribution in [0.3, 0.4) is 0 Å². The van der Waals surface area contributed by atoms with E-state index in [0.29, 0.717) is 0 Å². The van der Waals surface area contributed by atoms with Crippen LogP contribution in [0.4, 0.5) is 5.69 Å². The maximum Gasteiger partial charge on any atom is 1.00 e. The molecule has 0 spiro atoms. The van der Waals surface area contributed by atoms with Crippen LogP contribution in [0.15, 0.2) is 12.1 Å². The molecule has 17 heavy (non-hydrogen) atoms. The monoisotopic (exact) mass is 225 g/mol. The summed E-state index contributed by atoms with van der Waals surface area (Å²) in [5, 5.41) is 0. The molecule has 0 bridgehead atoms. The average molecular weight is 225 g/mol. The largest absolute Gasteiger partial charge is 1.00 e. The fraction of sp³-hybridized carbons (Fsp3) is 0.600. The van der Waals surface area contributed by atoms with Crippen molar-refractivity contribution in [2.45, 2.75) is 59.3 Å². The van der Waals surface area contributed by atoms with E-state index in [1.807, 2.05) is 6.07 Å². The topological polar surface area (TPSA) is 23.8 Å². The summed E-state index contributed by atoms with van der Waals surface area (Å²) >= 11 is 0. The van der Waals surface area contributed by atoms with Crippen molar-refractivity contribution >= 4 is 5.69 Å². The molecule has 0 aliphatic carbocycles. The Labute approximate surface area is 118 Å². The van der Waals surface area contributed by atoms with Crippen LogP contribution in [-0.4, -0.2) is 0 Å². The third-order valence-corrected chi connectivity index (χ3v) is 3.23. The molecule has 0 aliphatic heterocycles. The summed E-state index contributed by atoms with van der Waals surface area (Å²) in [5.41, 5.74) is 12.9. The molecule has 1 aromatic carbocycles. The Morgan fingerprint density at radius 2 is 1.47 bits per heavy atom. The number of aryl methyl sites for hydroxylation is 1. The van der Waals surface area contributed by atoms with Gasteiger partial charge in [0.25, 0.3) is 0 Å². The van der Waals surface area contributed by atoms with Crippen LogP contribution in [0.25, 0.3) is 5.73 Å². The van der Waals surface area contributed by atoms with Gasteiger partial charge in [0, 0.05) is 0 Å². The van der Waals surface area contributed by atoms with Crippen molar-refractivity contribution in [3.63, 3.8) is 0 Å². The van der Waals surface area contributed by atoms with Gasteiger partial charge >= 0.3 is 18.9 Å². The van der Waals surface area contributed by atoms with Gasteiger partial charge in [-0.05, 0) is 43.7 Å². The minimum atomic E-state index is 0. The first-order chi connectivity index (χ1) is 7.70. The van der Waals surface area contributed by atoms with Gasteiger partial charge in [-0.2, -0.15) is 0 Å². The van der Waals surface area contributed by atoms with Gasteiger partial charge in [-0.1, -0.05) is 44.4 Å². The maximum absolute atomic E-state index is 8.02. The molecule has 0 heterocycles. The zero-order valence-electron chi connectivity index (χ0n) is 11.9. The molecular formula is C15H24LiN. The minimum absolute atomic E-state index is 0. The first-order valence-electron chi connectivity index (χ1n) is 6.53. The molecule has 0 fully saturated rings. The zero-order valence-corrected chi connectivity index (χ0v) is 11.9. The average Bonchev–Trinajstić information content (AvgIpc) is 2.29. The van der Waals surface area contributed by atoms with Crippen molar-refractivity contribution < 1.29 is 18.9 Å². The third kappa shape index (κ3) is 4.78. The number of rotatable bonds is 6. The molecule has 2 heteroatoms. The van der Waals surface area contributed by atoms with E-state index in [2.05, 4.69) is 26.8 Å². The second kappa shape index (κ2) is 8.67. The van der Waals surface area contributed by atoms with E-state index in [4.69, 9.17) is 5.73 Å². The summed E-state index contributed by atoms with van der Waals surface area (Å²) < 4.78 is 0. The Morgan fingerprint density at radius 1 is 0.941 bits per heavy atom. The number of unbranched alkanes of at least 4 members (excludes halogenated alkanes) is 2. The van der Waals surface area contributed by atoms with E-state index in [1.165, 1.54) is 42.4 Å². The molecular weight excluding hydrogens is 201 g/mol. The van der Waals surface area contributed by atoms with Crippen molar-refractivity contribution in [3.05, 3.63) is 34.6 Å². The fourth-order valence-electron chi connectivity index (χ4n) is 2.15. The minimum Gasteiger partial charge on any atom is -0.698 e. The van der Waals surface area contributed by atoms with Gasteiger partial charge in [0.05, 0.1) is 0 Å². The Morgan fingerprint density at radius 3 is 2.00 bits per heavy atom. The summed E-state index contributed by atoms with van der Waals surface area (Å²) in [6.07, 6.45) is 7.11. The Bertz CT molecular complexity index is 301. The molecule has 0 saturated carbocycles. The van der Waals surface area contributed by atoms with Gasteiger partial charge in [-0.15, -0.1) is 5.69 Å². The maximum atomic E-state index is 8.02. The Kier molecular flexibility index (Phi) is 8.48. The number of nitrogens with one attached hydrogen (secondary N) is 1. The van der Waals surface area contributed by atoms with Crippen molar-refractivity contribution in [2.75, 3.05) is 0 Å². The second-order valence-electron chi connectivity index (χ2n) is 4.59. The standard InChI is InChI=1S/C15H24N.Li/c1-4-6-8-13-12(3)10-11-15(16)14(13)9-7-5-2;/h10-11,16H,4-9H2,1-3H3;/q-1;+1. The van der Waals surface area contributed by atoms with E-state index < -0.39 is 0 Å². The molecule has 0 aliphatic rings. The molecule has 0 radical (unpaired) electrons. The van der Waals surface area contributed by atoms with Crippen LogP contribution in [0.1, 0.15) is 56.2 Å². The van der Waals surface area contributed by atoms with E-state index in [-0.39, 0.29) is 18.9 Å². The summed E-state index contributed by atoms with van der Waals surface area (Å²) in [4.78, 5) is 0. The summed E-state index contributed by atoms with van der Waals surface area (Å²) in [7, 11) is 0.